The monoisotopic (exact) mass is 720 g/mol. The van der Waals surface area contributed by atoms with E-state index in [0.29, 0.717) is 5.92 Å². The predicted molar refractivity (Wildman–Crippen MR) is 235 cm³/mol. The molecule has 0 N–H and O–H groups in total. The largest absolute Gasteiger partial charge is 0.497 e. The minimum absolute atomic E-state index is 0.00668. The molecule has 3 aliphatic heterocycles. The van der Waals surface area contributed by atoms with E-state index in [9.17, 15) is 0 Å². The van der Waals surface area contributed by atoms with Gasteiger partial charge in [0.15, 0.2) is 0 Å². The van der Waals surface area contributed by atoms with E-state index < -0.39 is 0 Å². The zero-order valence-corrected chi connectivity index (χ0v) is 33.9. The average molecular weight is 721 g/mol. The van der Waals surface area contributed by atoms with Crippen LogP contribution in [0, 0.1) is 12.8 Å². The first-order chi connectivity index (χ1) is 26.4. The minimum atomic E-state index is -0.0619. The summed E-state index contributed by atoms with van der Waals surface area (Å²) in [6, 6.07) is 39.1. The lowest BCUT2D eigenvalue weighted by molar-refractivity contribution is 0.180. The maximum Gasteiger partial charge on any atom is 0.296 e. The van der Waals surface area contributed by atoms with Gasteiger partial charge in [0.1, 0.15) is 6.10 Å². The van der Waals surface area contributed by atoms with Crippen LogP contribution in [0.4, 0.5) is 28.4 Å². The number of allylic oxidation sites excluding steroid dienone is 2. The highest BCUT2D eigenvalue weighted by Crippen LogP contribution is 2.52. The quantitative estimate of drug-likeness (QED) is 0.162. The van der Waals surface area contributed by atoms with Crippen molar-refractivity contribution in [2.75, 3.05) is 9.80 Å². The number of ether oxygens (including phenoxy) is 1. The van der Waals surface area contributed by atoms with Crippen LogP contribution in [-0.4, -0.2) is 12.8 Å². The first-order valence-electron chi connectivity index (χ1n) is 20.3. The average Bonchev–Trinajstić information content (AvgIpc) is 3.56. The minimum Gasteiger partial charge on any atom is -0.497 e. The summed E-state index contributed by atoms with van der Waals surface area (Å²) >= 11 is 0. The Bertz CT molecular complexity index is 2410. The summed E-state index contributed by atoms with van der Waals surface area (Å²) in [4.78, 5) is 5.13. The second-order valence-electron chi connectivity index (χ2n) is 18.0. The fourth-order valence-corrected chi connectivity index (χ4v) is 9.38. The number of nitrogens with zero attached hydrogens (tertiary/aromatic N) is 2. The van der Waals surface area contributed by atoms with Crippen LogP contribution in [0.15, 0.2) is 139 Å². The van der Waals surface area contributed by atoms with Gasteiger partial charge in [0.2, 0.25) is 0 Å². The van der Waals surface area contributed by atoms with Crippen molar-refractivity contribution in [3.63, 3.8) is 0 Å². The Morgan fingerprint density at radius 2 is 1.40 bits per heavy atom. The molecule has 4 aliphatic rings. The molecule has 4 heteroatoms. The molecule has 3 nitrogen and oxygen atoms in total. The van der Waals surface area contributed by atoms with Crippen LogP contribution < -0.4 is 20.7 Å². The van der Waals surface area contributed by atoms with E-state index in [2.05, 4.69) is 200 Å². The van der Waals surface area contributed by atoms with Crippen LogP contribution in [0.2, 0.25) is 0 Å². The fraction of sp³-hybridized carbons (Fsp3) is 0.294. The summed E-state index contributed by atoms with van der Waals surface area (Å²) < 4.78 is 7.31. The van der Waals surface area contributed by atoms with Crippen LogP contribution in [0.5, 0.6) is 0 Å². The summed E-state index contributed by atoms with van der Waals surface area (Å²) in [5.74, 6) is 0.464. The van der Waals surface area contributed by atoms with Gasteiger partial charge >= 0.3 is 0 Å². The molecular formula is C51H53BN2O. The highest BCUT2D eigenvalue weighted by molar-refractivity contribution is 6.94. The summed E-state index contributed by atoms with van der Waals surface area (Å²) in [5, 5.41) is 0. The zero-order valence-electron chi connectivity index (χ0n) is 33.9. The number of hydrogen-bond acceptors (Lipinski definition) is 3. The molecule has 0 bridgehead atoms. The second-order valence-corrected chi connectivity index (χ2v) is 18.0. The molecule has 0 amide bonds. The topological polar surface area (TPSA) is 15.7 Å². The Hall–Kier alpha value is -5.22. The smallest absolute Gasteiger partial charge is 0.296 e. The number of benzene rings is 5. The number of rotatable bonds is 6. The molecule has 5 aromatic carbocycles. The number of hydrogen-bond donors (Lipinski definition) is 0. The summed E-state index contributed by atoms with van der Waals surface area (Å²) in [6.07, 6.45) is 9.96. The SMILES string of the molecule is CCC(C)(C)c1cc2c(cc1C(C)C)N(c1ccc(C(C)(C)C)cc1)c1cc(C)cc3c1B2C1=C(C2C=CC=CC2O1)N3c1ccccc1-c1ccccc1. The third-order valence-electron chi connectivity index (χ3n) is 12.7. The van der Waals surface area contributed by atoms with Gasteiger partial charge in [-0.15, -0.1) is 0 Å². The lowest BCUT2D eigenvalue weighted by Gasteiger charge is -2.45. The molecule has 2 atom stereocenters. The fourth-order valence-electron chi connectivity index (χ4n) is 9.38. The molecule has 276 valence electrons. The van der Waals surface area contributed by atoms with Crippen molar-refractivity contribution in [3.8, 4) is 11.1 Å². The van der Waals surface area contributed by atoms with E-state index in [1.165, 1.54) is 78.4 Å². The van der Waals surface area contributed by atoms with E-state index in [1.807, 2.05) is 0 Å². The van der Waals surface area contributed by atoms with Crippen molar-refractivity contribution in [1.29, 1.82) is 0 Å². The Labute approximate surface area is 329 Å². The molecule has 0 radical (unpaired) electrons. The van der Waals surface area contributed by atoms with Crippen molar-refractivity contribution >= 4 is 46.1 Å². The van der Waals surface area contributed by atoms with Gasteiger partial charge in [-0.05, 0) is 111 Å². The van der Waals surface area contributed by atoms with E-state index in [1.54, 1.807) is 0 Å². The van der Waals surface area contributed by atoms with Crippen LogP contribution in [-0.2, 0) is 15.6 Å². The van der Waals surface area contributed by atoms with Gasteiger partial charge in [-0.1, -0.05) is 140 Å². The molecule has 3 heterocycles. The van der Waals surface area contributed by atoms with Gasteiger partial charge in [0.05, 0.1) is 23.0 Å². The van der Waals surface area contributed by atoms with Crippen molar-refractivity contribution < 1.29 is 4.74 Å². The van der Waals surface area contributed by atoms with Gasteiger partial charge in [0, 0.05) is 28.3 Å². The molecule has 0 saturated carbocycles. The maximum absolute atomic E-state index is 7.31. The van der Waals surface area contributed by atoms with Crippen LogP contribution in [0.3, 0.4) is 0 Å². The Morgan fingerprint density at radius 1 is 0.727 bits per heavy atom. The summed E-state index contributed by atoms with van der Waals surface area (Å²) in [7, 11) is 0. The highest BCUT2D eigenvalue weighted by Gasteiger charge is 2.52. The maximum atomic E-state index is 7.31. The highest BCUT2D eigenvalue weighted by atomic mass is 16.5. The Morgan fingerprint density at radius 3 is 2.09 bits per heavy atom. The summed E-state index contributed by atoms with van der Waals surface area (Å²) in [5.41, 5.74) is 19.0. The molecular weight excluding hydrogens is 667 g/mol. The number of anilines is 5. The number of aryl methyl sites for hydroxylation is 1. The van der Waals surface area contributed by atoms with E-state index in [4.69, 9.17) is 4.74 Å². The Kier molecular flexibility index (Phi) is 8.35. The Balaban J connectivity index is 1.39. The molecule has 0 spiro atoms. The van der Waals surface area contributed by atoms with E-state index >= 15 is 0 Å². The standard InChI is InChI=1S/C51H53BN2O/c1-10-51(8,9)40-31-41-43(30-39(40)32(2)3)53(36-26-24-35(25-27-36)50(5,6)7)44-28-33(4)29-45-47(44)52(41)49-48(38-21-15-17-23-46(38)55-49)54(45)42-22-16-14-20-37(42)34-18-12-11-13-19-34/h11-32,38,46H,10H2,1-9H3. The zero-order chi connectivity index (χ0) is 38.4. The third kappa shape index (κ3) is 5.62. The third-order valence-corrected chi connectivity index (χ3v) is 12.7. The van der Waals surface area contributed by atoms with Crippen molar-refractivity contribution in [1.82, 2.24) is 0 Å². The molecule has 0 saturated heterocycles. The molecule has 0 fully saturated rings. The molecule has 9 rings (SSSR count). The van der Waals surface area contributed by atoms with Gasteiger partial charge in [-0.25, -0.2) is 0 Å². The van der Waals surface area contributed by atoms with Crippen molar-refractivity contribution in [3.05, 3.63) is 161 Å². The summed E-state index contributed by atoms with van der Waals surface area (Å²) in [6.45, 7) is 21.0. The second kappa shape index (κ2) is 12.9. The normalized spacial score (nSPS) is 18.3. The van der Waals surface area contributed by atoms with Gasteiger partial charge in [-0.3, -0.25) is 0 Å². The molecule has 2 unspecified atom stereocenters. The van der Waals surface area contributed by atoms with Gasteiger partial charge in [-0.2, -0.15) is 0 Å². The van der Waals surface area contributed by atoms with Gasteiger partial charge in [0.25, 0.3) is 6.71 Å². The number of para-hydroxylation sites is 1. The van der Waals surface area contributed by atoms with Crippen LogP contribution in [0.1, 0.15) is 90.0 Å². The van der Waals surface area contributed by atoms with Crippen molar-refractivity contribution in [2.24, 2.45) is 5.92 Å². The van der Waals surface area contributed by atoms with E-state index in [-0.39, 0.29) is 29.6 Å². The first kappa shape index (κ1) is 35.5. The molecule has 1 aliphatic carbocycles. The number of fused-ring (bicyclic) bond motifs is 5. The van der Waals surface area contributed by atoms with Crippen LogP contribution in [0.25, 0.3) is 11.1 Å². The van der Waals surface area contributed by atoms with Gasteiger partial charge < -0.3 is 14.5 Å². The van der Waals surface area contributed by atoms with Crippen LogP contribution >= 0.6 is 0 Å². The predicted octanol–water partition coefficient (Wildman–Crippen LogP) is 12.2. The van der Waals surface area contributed by atoms with Crippen molar-refractivity contribution in [2.45, 2.75) is 91.6 Å². The molecule has 55 heavy (non-hydrogen) atoms. The molecule has 5 aromatic rings. The molecule has 0 aromatic heterocycles. The lowest BCUT2D eigenvalue weighted by Crippen LogP contribution is -2.56. The first-order valence-corrected chi connectivity index (χ1v) is 20.3. The lowest BCUT2D eigenvalue weighted by atomic mass is 9.35. The van der Waals surface area contributed by atoms with E-state index in [0.717, 1.165) is 12.1 Å².